The van der Waals surface area contributed by atoms with Gasteiger partial charge in [0.1, 0.15) is 5.60 Å². The van der Waals surface area contributed by atoms with E-state index < -0.39 is 5.60 Å². The van der Waals surface area contributed by atoms with Crippen molar-refractivity contribution in [3.05, 3.63) is 59.2 Å². The van der Waals surface area contributed by atoms with Gasteiger partial charge in [-0.25, -0.2) is 0 Å². The summed E-state index contributed by atoms with van der Waals surface area (Å²) in [5, 5.41) is 14.3. The maximum Gasteiger partial charge on any atom is 0.231 e. The fourth-order valence-corrected chi connectivity index (χ4v) is 3.39. The summed E-state index contributed by atoms with van der Waals surface area (Å²) in [6.07, 6.45) is 1.71. The molecule has 0 amide bonds. The quantitative estimate of drug-likeness (QED) is 0.909. The van der Waals surface area contributed by atoms with Crippen LogP contribution in [0.15, 0.2) is 42.5 Å². The number of para-hydroxylation sites is 1. The van der Waals surface area contributed by atoms with Crippen LogP contribution >= 0.6 is 0 Å². The molecule has 0 saturated carbocycles. The Morgan fingerprint density at radius 3 is 2.95 bits per heavy atom. The first-order valence-electron chi connectivity index (χ1n) is 7.65. The Kier molecular flexibility index (Phi) is 3.28. The van der Waals surface area contributed by atoms with E-state index in [9.17, 15) is 5.11 Å². The summed E-state index contributed by atoms with van der Waals surface area (Å²) in [7, 11) is 0. The fourth-order valence-electron chi connectivity index (χ4n) is 3.39. The summed E-state index contributed by atoms with van der Waals surface area (Å²) in [4.78, 5) is 0. The lowest BCUT2D eigenvalue weighted by Gasteiger charge is -2.24. The standard InChI is InChI=1S/C18H19NO3/c20-18(9-8-13-4-1-2-6-15(13)18)11-19-10-14-5-3-7-16-17(14)22-12-21-16/h1-7,19-20H,8-12H2. The zero-order valence-corrected chi connectivity index (χ0v) is 12.3. The van der Waals surface area contributed by atoms with Gasteiger partial charge < -0.3 is 19.9 Å². The smallest absolute Gasteiger partial charge is 0.231 e. The average molecular weight is 297 g/mol. The maximum absolute atomic E-state index is 10.9. The van der Waals surface area contributed by atoms with Gasteiger partial charge in [0, 0.05) is 18.7 Å². The second kappa shape index (κ2) is 5.30. The van der Waals surface area contributed by atoms with Crippen molar-refractivity contribution in [1.29, 1.82) is 0 Å². The van der Waals surface area contributed by atoms with Gasteiger partial charge in [0.2, 0.25) is 6.79 Å². The highest BCUT2D eigenvalue weighted by atomic mass is 16.7. The third kappa shape index (κ3) is 2.25. The summed E-state index contributed by atoms with van der Waals surface area (Å²) in [6.45, 7) is 1.47. The van der Waals surface area contributed by atoms with Crippen LogP contribution in [-0.2, 0) is 18.6 Å². The van der Waals surface area contributed by atoms with Crippen molar-refractivity contribution >= 4 is 0 Å². The van der Waals surface area contributed by atoms with Crippen molar-refractivity contribution in [1.82, 2.24) is 5.32 Å². The first-order chi connectivity index (χ1) is 10.8. The molecule has 2 aromatic rings. The molecule has 0 fully saturated rings. The van der Waals surface area contributed by atoms with Gasteiger partial charge in [-0.05, 0) is 30.0 Å². The van der Waals surface area contributed by atoms with Gasteiger partial charge in [0.15, 0.2) is 11.5 Å². The van der Waals surface area contributed by atoms with Crippen molar-refractivity contribution in [2.45, 2.75) is 25.0 Å². The third-order valence-electron chi connectivity index (χ3n) is 4.54. The predicted molar refractivity (Wildman–Crippen MR) is 82.9 cm³/mol. The molecule has 1 unspecified atom stereocenters. The molecule has 4 rings (SSSR count). The van der Waals surface area contributed by atoms with Gasteiger partial charge in [-0.15, -0.1) is 0 Å². The Balaban J connectivity index is 1.45. The highest BCUT2D eigenvalue weighted by Crippen LogP contribution is 2.37. The number of nitrogens with one attached hydrogen (secondary N) is 1. The molecule has 1 heterocycles. The molecule has 0 aromatic heterocycles. The van der Waals surface area contributed by atoms with E-state index >= 15 is 0 Å². The molecular weight excluding hydrogens is 278 g/mol. The van der Waals surface area contributed by atoms with Gasteiger partial charge in [0.05, 0.1) is 0 Å². The van der Waals surface area contributed by atoms with E-state index in [1.54, 1.807) is 0 Å². The lowest BCUT2D eigenvalue weighted by Crippen LogP contribution is -2.36. The summed E-state index contributed by atoms with van der Waals surface area (Å²) in [5.41, 5.74) is 2.60. The van der Waals surface area contributed by atoms with E-state index in [2.05, 4.69) is 11.4 Å². The molecule has 4 nitrogen and oxygen atoms in total. The molecule has 0 bridgehead atoms. The second-order valence-corrected chi connectivity index (χ2v) is 5.94. The molecular formula is C18H19NO3. The van der Waals surface area contributed by atoms with Crippen LogP contribution in [0, 0.1) is 0 Å². The molecule has 0 saturated heterocycles. The Morgan fingerprint density at radius 2 is 2.00 bits per heavy atom. The number of aryl methyl sites for hydroxylation is 1. The number of benzene rings is 2. The van der Waals surface area contributed by atoms with Crippen molar-refractivity contribution in [3.8, 4) is 11.5 Å². The minimum atomic E-state index is -0.772. The van der Waals surface area contributed by atoms with E-state index in [1.165, 1.54) is 5.56 Å². The Morgan fingerprint density at radius 1 is 1.09 bits per heavy atom. The van der Waals surface area contributed by atoms with Gasteiger partial charge >= 0.3 is 0 Å². The SMILES string of the molecule is OC1(CNCc2cccc3c2OCO3)CCc2ccccc21. The van der Waals surface area contributed by atoms with Crippen LogP contribution in [0.2, 0.25) is 0 Å². The first kappa shape index (κ1) is 13.6. The summed E-state index contributed by atoms with van der Waals surface area (Å²) < 4.78 is 10.9. The van der Waals surface area contributed by atoms with Crippen LogP contribution in [0.5, 0.6) is 11.5 Å². The van der Waals surface area contributed by atoms with Crippen LogP contribution in [0.4, 0.5) is 0 Å². The first-order valence-corrected chi connectivity index (χ1v) is 7.65. The number of aliphatic hydroxyl groups is 1. The number of ether oxygens (including phenoxy) is 2. The Labute approximate surface area is 129 Å². The maximum atomic E-state index is 10.9. The fraction of sp³-hybridized carbons (Fsp3) is 0.333. The minimum Gasteiger partial charge on any atom is -0.454 e. The molecule has 22 heavy (non-hydrogen) atoms. The van der Waals surface area contributed by atoms with Crippen molar-refractivity contribution in [3.63, 3.8) is 0 Å². The van der Waals surface area contributed by atoms with Crippen LogP contribution in [0.25, 0.3) is 0 Å². The van der Waals surface area contributed by atoms with Gasteiger partial charge in [-0.2, -0.15) is 0 Å². The van der Waals surface area contributed by atoms with Gasteiger partial charge in [-0.3, -0.25) is 0 Å². The number of hydrogen-bond acceptors (Lipinski definition) is 4. The molecule has 114 valence electrons. The summed E-state index contributed by atoms with van der Waals surface area (Å²) >= 11 is 0. The number of rotatable bonds is 4. The molecule has 0 radical (unpaired) electrons. The van der Waals surface area contributed by atoms with E-state index in [0.717, 1.165) is 35.5 Å². The van der Waals surface area contributed by atoms with Crippen LogP contribution in [0.1, 0.15) is 23.1 Å². The largest absolute Gasteiger partial charge is 0.454 e. The molecule has 1 aliphatic heterocycles. The molecule has 1 atom stereocenters. The normalized spacial score (nSPS) is 21.9. The third-order valence-corrected chi connectivity index (χ3v) is 4.54. The molecule has 2 N–H and O–H groups in total. The lowest BCUT2D eigenvalue weighted by atomic mass is 9.96. The summed E-state index contributed by atoms with van der Waals surface area (Å²) in [5.74, 6) is 1.61. The van der Waals surface area contributed by atoms with E-state index in [0.29, 0.717) is 13.1 Å². The lowest BCUT2D eigenvalue weighted by molar-refractivity contribution is 0.0384. The predicted octanol–water partition coefficient (Wildman–Crippen LogP) is 2.34. The van der Waals surface area contributed by atoms with Crippen molar-refractivity contribution < 1.29 is 14.6 Å². The molecule has 2 aliphatic rings. The highest BCUT2D eigenvalue weighted by molar-refractivity contribution is 5.48. The molecule has 0 spiro atoms. The topological polar surface area (TPSA) is 50.7 Å². The van der Waals surface area contributed by atoms with Gasteiger partial charge in [0.25, 0.3) is 0 Å². The number of fused-ring (bicyclic) bond motifs is 2. The Hall–Kier alpha value is -2.04. The van der Waals surface area contributed by atoms with Gasteiger partial charge in [-0.1, -0.05) is 36.4 Å². The highest BCUT2D eigenvalue weighted by Gasteiger charge is 2.35. The van der Waals surface area contributed by atoms with Crippen LogP contribution in [0.3, 0.4) is 0 Å². The van der Waals surface area contributed by atoms with E-state index in [-0.39, 0.29) is 6.79 Å². The van der Waals surface area contributed by atoms with E-state index in [4.69, 9.17) is 9.47 Å². The zero-order valence-electron chi connectivity index (χ0n) is 12.3. The number of hydrogen-bond donors (Lipinski definition) is 2. The van der Waals surface area contributed by atoms with Crippen LogP contribution in [-0.4, -0.2) is 18.4 Å². The molecule has 4 heteroatoms. The monoisotopic (exact) mass is 297 g/mol. The zero-order chi connectivity index (χ0) is 15.0. The average Bonchev–Trinajstić information content (AvgIpc) is 3.14. The second-order valence-electron chi connectivity index (χ2n) is 5.94. The summed E-state index contributed by atoms with van der Waals surface area (Å²) in [6, 6.07) is 14.0. The van der Waals surface area contributed by atoms with Crippen molar-refractivity contribution in [2.24, 2.45) is 0 Å². The Bertz CT molecular complexity index is 700. The van der Waals surface area contributed by atoms with Crippen LogP contribution < -0.4 is 14.8 Å². The minimum absolute atomic E-state index is 0.281. The molecule has 2 aromatic carbocycles. The molecule has 1 aliphatic carbocycles. The van der Waals surface area contributed by atoms with Crippen molar-refractivity contribution in [2.75, 3.05) is 13.3 Å². The van der Waals surface area contributed by atoms with E-state index in [1.807, 2.05) is 36.4 Å².